The van der Waals surface area contributed by atoms with Gasteiger partial charge in [-0.3, -0.25) is 14.4 Å². The van der Waals surface area contributed by atoms with Crippen molar-refractivity contribution in [2.75, 3.05) is 11.9 Å². The molecule has 0 heterocycles. The predicted molar refractivity (Wildman–Crippen MR) is 115 cm³/mol. The summed E-state index contributed by atoms with van der Waals surface area (Å²) in [5.41, 5.74) is 2.03. The molecule has 4 rings (SSSR count). The Morgan fingerprint density at radius 3 is 2.20 bits per heavy atom. The van der Waals surface area contributed by atoms with Crippen LogP contribution >= 0.6 is 0 Å². The minimum atomic E-state index is -0.359. The van der Waals surface area contributed by atoms with E-state index < -0.39 is 0 Å². The topological polar surface area (TPSA) is 72.5 Å². The van der Waals surface area contributed by atoms with Gasteiger partial charge in [-0.1, -0.05) is 49.7 Å². The molecule has 0 unspecified atom stereocenters. The molecular formula is C25H21NO4. The van der Waals surface area contributed by atoms with Gasteiger partial charge in [0.1, 0.15) is 5.75 Å². The summed E-state index contributed by atoms with van der Waals surface area (Å²) in [6.07, 6.45) is 2.02. The number of fused-ring (bicyclic) bond motifs is 2. The second kappa shape index (κ2) is 8.33. The van der Waals surface area contributed by atoms with Gasteiger partial charge in [0.25, 0.3) is 5.91 Å². The lowest BCUT2D eigenvalue weighted by atomic mass is 9.83. The van der Waals surface area contributed by atoms with E-state index in [-0.39, 0.29) is 23.0 Å². The predicted octanol–water partition coefficient (Wildman–Crippen LogP) is 4.89. The zero-order valence-corrected chi connectivity index (χ0v) is 16.6. The number of hydrogen-bond donors (Lipinski definition) is 1. The van der Waals surface area contributed by atoms with Crippen LogP contribution in [-0.4, -0.2) is 24.1 Å². The third-order valence-electron chi connectivity index (χ3n) is 5.08. The summed E-state index contributed by atoms with van der Waals surface area (Å²) in [5.74, 6) is -0.141. The lowest BCUT2D eigenvalue weighted by Crippen LogP contribution is -2.23. The lowest BCUT2D eigenvalue weighted by Gasteiger charge is -2.20. The van der Waals surface area contributed by atoms with Gasteiger partial charge in [0, 0.05) is 22.3 Å². The number of benzene rings is 3. The van der Waals surface area contributed by atoms with Crippen molar-refractivity contribution < 1.29 is 19.1 Å². The summed E-state index contributed by atoms with van der Waals surface area (Å²) < 4.78 is 5.62. The molecule has 0 spiro atoms. The smallest absolute Gasteiger partial charge is 0.255 e. The van der Waals surface area contributed by atoms with Crippen molar-refractivity contribution >= 4 is 23.2 Å². The molecule has 5 nitrogen and oxygen atoms in total. The van der Waals surface area contributed by atoms with Crippen molar-refractivity contribution in [2.45, 2.75) is 19.8 Å². The molecule has 30 heavy (non-hydrogen) atoms. The average molecular weight is 399 g/mol. The molecule has 1 amide bonds. The standard InChI is InChI=1S/C25H21NO4/c1-2-3-15-30-17-13-11-16(12-14-17)25(29)26-21-10-6-9-20-22(21)24(28)19-8-5-4-7-18(19)23(20)27/h4-14H,2-3,15H2,1H3,(H,26,29). The Bertz CT molecular complexity index is 1130. The molecule has 0 radical (unpaired) electrons. The number of hydrogen-bond acceptors (Lipinski definition) is 4. The second-order valence-electron chi connectivity index (χ2n) is 7.11. The van der Waals surface area contributed by atoms with E-state index in [2.05, 4.69) is 12.2 Å². The quantitative estimate of drug-likeness (QED) is 0.469. The number of unbranched alkanes of at least 4 members (excludes halogenated alkanes) is 1. The molecule has 0 atom stereocenters. The van der Waals surface area contributed by atoms with Crippen LogP contribution in [0.4, 0.5) is 5.69 Å². The lowest BCUT2D eigenvalue weighted by molar-refractivity contribution is 0.0978. The van der Waals surface area contributed by atoms with Crippen molar-refractivity contribution in [1.82, 2.24) is 0 Å². The SMILES string of the molecule is CCCCOc1ccc(C(=O)Nc2cccc3c2C(=O)c2ccccc2C3=O)cc1. The summed E-state index contributed by atoms with van der Waals surface area (Å²) in [5, 5.41) is 2.79. The first-order valence-corrected chi connectivity index (χ1v) is 9.96. The zero-order chi connectivity index (χ0) is 21.1. The fourth-order valence-corrected chi connectivity index (χ4v) is 3.48. The summed E-state index contributed by atoms with van der Waals surface area (Å²) in [6, 6.07) is 18.5. The third-order valence-corrected chi connectivity index (χ3v) is 5.08. The first-order valence-electron chi connectivity index (χ1n) is 9.96. The van der Waals surface area contributed by atoms with Crippen LogP contribution in [0.2, 0.25) is 0 Å². The number of nitrogens with one attached hydrogen (secondary N) is 1. The van der Waals surface area contributed by atoms with Crippen LogP contribution < -0.4 is 10.1 Å². The highest BCUT2D eigenvalue weighted by Crippen LogP contribution is 2.32. The molecule has 0 fully saturated rings. The van der Waals surface area contributed by atoms with Crippen LogP contribution in [-0.2, 0) is 0 Å². The van der Waals surface area contributed by atoms with Gasteiger partial charge in [-0.15, -0.1) is 0 Å². The van der Waals surface area contributed by atoms with Gasteiger partial charge < -0.3 is 10.1 Å². The van der Waals surface area contributed by atoms with E-state index in [4.69, 9.17) is 4.74 Å². The van der Waals surface area contributed by atoms with Crippen molar-refractivity contribution in [1.29, 1.82) is 0 Å². The fraction of sp³-hybridized carbons (Fsp3) is 0.160. The van der Waals surface area contributed by atoms with Gasteiger partial charge >= 0.3 is 0 Å². The van der Waals surface area contributed by atoms with Crippen LogP contribution in [0, 0.1) is 0 Å². The van der Waals surface area contributed by atoms with Crippen molar-refractivity contribution in [3.05, 3.63) is 94.5 Å². The van der Waals surface area contributed by atoms with Gasteiger partial charge in [0.15, 0.2) is 11.6 Å². The Kier molecular flexibility index (Phi) is 5.44. The fourth-order valence-electron chi connectivity index (χ4n) is 3.48. The minimum absolute atomic E-state index is 0.218. The molecule has 3 aromatic rings. The van der Waals surface area contributed by atoms with Crippen LogP contribution in [0.3, 0.4) is 0 Å². The van der Waals surface area contributed by atoms with Gasteiger partial charge in [-0.2, -0.15) is 0 Å². The number of amides is 1. The molecule has 0 bridgehead atoms. The van der Waals surface area contributed by atoms with Crippen LogP contribution in [0.1, 0.15) is 62.0 Å². The number of ether oxygens (including phenoxy) is 1. The van der Waals surface area contributed by atoms with Crippen molar-refractivity contribution in [3.63, 3.8) is 0 Å². The summed E-state index contributed by atoms with van der Waals surface area (Å²) in [6.45, 7) is 2.73. The average Bonchev–Trinajstić information content (AvgIpc) is 2.78. The van der Waals surface area contributed by atoms with E-state index in [1.54, 1.807) is 66.7 Å². The second-order valence-corrected chi connectivity index (χ2v) is 7.11. The number of rotatable bonds is 6. The van der Waals surface area contributed by atoms with Gasteiger partial charge in [-0.25, -0.2) is 0 Å². The summed E-state index contributed by atoms with van der Waals surface area (Å²) >= 11 is 0. The maximum atomic E-state index is 13.0. The third kappa shape index (κ3) is 3.62. The van der Waals surface area contributed by atoms with E-state index >= 15 is 0 Å². The highest BCUT2D eigenvalue weighted by atomic mass is 16.5. The summed E-state index contributed by atoms with van der Waals surface area (Å²) in [4.78, 5) is 38.6. The Morgan fingerprint density at radius 1 is 0.833 bits per heavy atom. The van der Waals surface area contributed by atoms with Crippen molar-refractivity contribution in [3.8, 4) is 5.75 Å². The van der Waals surface area contributed by atoms with Gasteiger partial charge in [-0.05, 0) is 36.8 Å². The first-order chi connectivity index (χ1) is 14.6. The largest absolute Gasteiger partial charge is 0.494 e. The zero-order valence-electron chi connectivity index (χ0n) is 16.6. The molecule has 0 saturated carbocycles. The molecule has 0 saturated heterocycles. The summed E-state index contributed by atoms with van der Waals surface area (Å²) in [7, 11) is 0. The number of ketones is 2. The number of anilines is 1. The molecule has 5 heteroatoms. The van der Waals surface area contributed by atoms with E-state index in [0.717, 1.165) is 12.8 Å². The van der Waals surface area contributed by atoms with Crippen LogP contribution in [0.25, 0.3) is 0 Å². The maximum absolute atomic E-state index is 13.0. The van der Waals surface area contributed by atoms with Gasteiger partial charge in [0.05, 0.1) is 17.9 Å². The number of carbonyl (C=O) groups is 3. The Labute approximate surface area is 174 Å². The molecular weight excluding hydrogens is 378 g/mol. The van der Waals surface area contributed by atoms with Gasteiger partial charge in [0.2, 0.25) is 0 Å². The molecule has 0 aliphatic heterocycles. The molecule has 1 aliphatic rings. The monoisotopic (exact) mass is 399 g/mol. The molecule has 0 aromatic heterocycles. The maximum Gasteiger partial charge on any atom is 0.255 e. The number of carbonyl (C=O) groups excluding carboxylic acids is 3. The van der Waals surface area contributed by atoms with Crippen molar-refractivity contribution in [2.24, 2.45) is 0 Å². The molecule has 3 aromatic carbocycles. The minimum Gasteiger partial charge on any atom is -0.494 e. The van der Waals surface area contributed by atoms with E-state index in [0.29, 0.717) is 40.3 Å². The normalized spacial score (nSPS) is 12.2. The molecule has 1 N–H and O–H groups in total. The Balaban J connectivity index is 1.58. The Morgan fingerprint density at radius 2 is 1.50 bits per heavy atom. The van der Waals surface area contributed by atoms with E-state index in [9.17, 15) is 14.4 Å². The molecule has 1 aliphatic carbocycles. The van der Waals surface area contributed by atoms with Crippen LogP contribution in [0.15, 0.2) is 66.7 Å². The Hall–Kier alpha value is -3.73. The first kappa shape index (κ1) is 19.6. The molecule has 150 valence electrons. The highest BCUT2D eigenvalue weighted by molar-refractivity contribution is 6.30. The van der Waals surface area contributed by atoms with E-state index in [1.807, 2.05) is 0 Å². The van der Waals surface area contributed by atoms with E-state index in [1.165, 1.54) is 0 Å². The highest BCUT2D eigenvalue weighted by Gasteiger charge is 2.31. The van der Waals surface area contributed by atoms with Crippen LogP contribution in [0.5, 0.6) is 5.75 Å².